The van der Waals surface area contributed by atoms with Crippen molar-refractivity contribution in [3.05, 3.63) is 108 Å². The molecular weight excluding hydrogens is 462 g/mol. The normalized spacial score (nSPS) is 17.6. The molecule has 2 atom stereocenters. The third kappa shape index (κ3) is 7.10. The Balaban J connectivity index is 1.09. The summed E-state index contributed by atoms with van der Waals surface area (Å²) in [4.78, 5) is 0. The first-order chi connectivity index (χ1) is 18.2. The molecule has 5 rings (SSSR count). The zero-order valence-electron chi connectivity index (χ0n) is 21.1. The quantitative estimate of drug-likeness (QED) is 0.242. The maximum atomic E-state index is 9.69. The predicted molar refractivity (Wildman–Crippen MR) is 147 cm³/mol. The summed E-state index contributed by atoms with van der Waals surface area (Å²) in [5.74, 6) is 1.52. The number of ether oxygens (including phenoxy) is 3. The number of phenolic OH excluding ortho intramolecular Hbond substituents is 1. The van der Waals surface area contributed by atoms with Crippen molar-refractivity contribution in [2.24, 2.45) is 0 Å². The Bertz CT molecular complexity index is 1260. The van der Waals surface area contributed by atoms with Crippen molar-refractivity contribution in [2.45, 2.75) is 38.1 Å². The van der Waals surface area contributed by atoms with Crippen molar-refractivity contribution in [3.63, 3.8) is 0 Å². The van der Waals surface area contributed by atoms with E-state index < -0.39 is 0 Å². The molecule has 2 N–H and O–H groups in total. The van der Waals surface area contributed by atoms with E-state index in [2.05, 4.69) is 53.8 Å². The lowest BCUT2D eigenvalue weighted by Gasteiger charge is -2.32. The van der Waals surface area contributed by atoms with Gasteiger partial charge in [-0.1, -0.05) is 60.7 Å². The van der Waals surface area contributed by atoms with Gasteiger partial charge in [-0.05, 0) is 70.8 Å². The third-order valence-electron chi connectivity index (χ3n) is 6.90. The van der Waals surface area contributed by atoms with Crippen LogP contribution in [0.2, 0.25) is 0 Å². The summed E-state index contributed by atoms with van der Waals surface area (Å²) in [7, 11) is 0. The minimum Gasteiger partial charge on any atom is -0.508 e. The molecular formula is C32H35NO4. The first-order valence-electron chi connectivity index (χ1n) is 13.1. The van der Waals surface area contributed by atoms with Crippen LogP contribution in [0.15, 0.2) is 91.0 Å². The molecule has 1 saturated heterocycles. The fourth-order valence-electron chi connectivity index (χ4n) is 4.89. The van der Waals surface area contributed by atoms with Crippen LogP contribution in [0, 0.1) is 0 Å². The third-order valence-corrected chi connectivity index (χ3v) is 6.90. The van der Waals surface area contributed by atoms with Gasteiger partial charge in [-0.15, -0.1) is 0 Å². The maximum absolute atomic E-state index is 9.69. The topological polar surface area (TPSA) is 60.0 Å². The summed E-state index contributed by atoms with van der Waals surface area (Å²) in [6.45, 7) is 4.35. The molecule has 0 aliphatic carbocycles. The number of phenols is 1. The van der Waals surface area contributed by atoms with Gasteiger partial charge in [0.25, 0.3) is 0 Å². The van der Waals surface area contributed by atoms with Crippen LogP contribution < -0.4 is 10.1 Å². The molecule has 192 valence electrons. The fraction of sp³-hybridized carbons (Fsp3) is 0.312. The molecule has 4 aromatic rings. The average molecular weight is 498 g/mol. The van der Waals surface area contributed by atoms with Crippen molar-refractivity contribution < 1.29 is 19.3 Å². The predicted octanol–water partition coefficient (Wildman–Crippen LogP) is 6.19. The molecule has 5 heteroatoms. The highest BCUT2D eigenvalue weighted by Crippen LogP contribution is 2.30. The van der Waals surface area contributed by atoms with Crippen LogP contribution in [0.5, 0.6) is 11.5 Å². The number of hydrogen-bond donors (Lipinski definition) is 2. The average Bonchev–Trinajstić information content (AvgIpc) is 2.95. The van der Waals surface area contributed by atoms with Crippen molar-refractivity contribution in [1.82, 2.24) is 5.32 Å². The highest BCUT2D eigenvalue weighted by atomic mass is 16.5. The minimum atomic E-state index is 0.109. The van der Waals surface area contributed by atoms with Crippen molar-refractivity contribution in [1.29, 1.82) is 0 Å². The number of nitrogens with one attached hydrogen (secondary N) is 1. The molecule has 1 aliphatic heterocycles. The molecule has 4 aromatic carbocycles. The molecule has 0 radical (unpaired) electrons. The van der Waals surface area contributed by atoms with Crippen molar-refractivity contribution >= 4 is 10.8 Å². The lowest BCUT2D eigenvalue weighted by molar-refractivity contribution is 0.0106. The van der Waals surface area contributed by atoms with Gasteiger partial charge < -0.3 is 24.6 Å². The van der Waals surface area contributed by atoms with Gasteiger partial charge >= 0.3 is 0 Å². The van der Waals surface area contributed by atoms with E-state index in [0.717, 1.165) is 48.0 Å². The van der Waals surface area contributed by atoms with E-state index in [1.54, 1.807) is 12.1 Å². The number of benzene rings is 4. The zero-order valence-corrected chi connectivity index (χ0v) is 21.1. The summed E-state index contributed by atoms with van der Waals surface area (Å²) < 4.78 is 18.1. The van der Waals surface area contributed by atoms with E-state index in [0.29, 0.717) is 32.3 Å². The van der Waals surface area contributed by atoms with Gasteiger partial charge in [0.05, 0.1) is 32.5 Å². The van der Waals surface area contributed by atoms with Gasteiger partial charge in [-0.2, -0.15) is 0 Å². The van der Waals surface area contributed by atoms with Crippen LogP contribution in [0.25, 0.3) is 10.8 Å². The van der Waals surface area contributed by atoms with Gasteiger partial charge in [-0.25, -0.2) is 0 Å². The first-order valence-corrected chi connectivity index (χ1v) is 13.1. The van der Waals surface area contributed by atoms with Crippen LogP contribution in [0.3, 0.4) is 0 Å². The SMILES string of the molecule is Oc1ccc2cc(COC3CNCCC3c3ccc(OCCCOCc4ccccc4)cc3)ccc2c1. The molecule has 0 spiro atoms. The van der Waals surface area contributed by atoms with Crippen LogP contribution in [0.4, 0.5) is 0 Å². The smallest absolute Gasteiger partial charge is 0.119 e. The molecule has 1 heterocycles. The van der Waals surface area contributed by atoms with Crippen LogP contribution in [-0.2, 0) is 22.7 Å². The Morgan fingerprint density at radius 2 is 1.59 bits per heavy atom. The molecule has 0 saturated carbocycles. The molecule has 0 amide bonds. The second-order valence-corrected chi connectivity index (χ2v) is 9.62. The van der Waals surface area contributed by atoms with Gasteiger partial charge in [0.1, 0.15) is 11.5 Å². The van der Waals surface area contributed by atoms with Crippen LogP contribution in [0.1, 0.15) is 35.4 Å². The standard InChI is InChI=1S/C32H35NO4/c34-29-12-9-27-19-25(7-8-28(27)20-29)23-37-32-21-33-16-15-31(32)26-10-13-30(14-11-26)36-18-4-17-35-22-24-5-2-1-3-6-24/h1-3,5-14,19-20,31-34H,4,15-18,21-23H2. The number of piperidine rings is 1. The maximum Gasteiger partial charge on any atom is 0.119 e. The summed E-state index contributed by atoms with van der Waals surface area (Å²) in [6.07, 6.45) is 2.01. The van der Waals surface area contributed by atoms with Gasteiger partial charge in [0, 0.05) is 18.9 Å². The van der Waals surface area contributed by atoms with E-state index in [4.69, 9.17) is 14.2 Å². The van der Waals surface area contributed by atoms with Crippen LogP contribution >= 0.6 is 0 Å². The Morgan fingerprint density at radius 1 is 0.784 bits per heavy atom. The second kappa shape index (κ2) is 12.7. The molecule has 0 bridgehead atoms. The summed E-state index contributed by atoms with van der Waals surface area (Å²) in [5.41, 5.74) is 3.62. The Labute approximate surface area is 219 Å². The van der Waals surface area contributed by atoms with Gasteiger partial charge in [0.2, 0.25) is 0 Å². The molecule has 1 fully saturated rings. The molecule has 37 heavy (non-hydrogen) atoms. The minimum absolute atomic E-state index is 0.109. The number of rotatable bonds is 11. The lowest BCUT2D eigenvalue weighted by Crippen LogP contribution is -2.40. The highest BCUT2D eigenvalue weighted by molar-refractivity contribution is 5.84. The lowest BCUT2D eigenvalue weighted by atomic mass is 9.87. The van der Waals surface area contributed by atoms with E-state index in [1.165, 1.54) is 11.1 Å². The summed E-state index contributed by atoms with van der Waals surface area (Å²) in [6, 6.07) is 30.4. The summed E-state index contributed by atoms with van der Waals surface area (Å²) >= 11 is 0. The number of aromatic hydroxyl groups is 1. The Hall–Kier alpha value is -3.38. The highest BCUT2D eigenvalue weighted by Gasteiger charge is 2.27. The monoisotopic (exact) mass is 497 g/mol. The van der Waals surface area contributed by atoms with Crippen LogP contribution in [-0.4, -0.2) is 37.5 Å². The number of fused-ring (bicyclic) bond motifs is 1. The van der Waals surface area contributed by atoms with E-state index in [1.807, 2.05) is 30.3 Å². The van der Waals surface area contributed by atoms with E-state index >= 15 is 0 Å². The molecule has 5 nitrogen and oxygen atoms in total. The van der Waals surface area contributed by atoms with Gasteiger partial charge in [0.15, 0.2) is 0 Å². The van der Waals surface area contributed by atoms with Gasteiger partial charge in [-0.3, -0.25) is 0 Å². The van der Waals surface area contributed by atoms with Crippen molar-refractivity contribution in [3.8, 4) is 11.5 Å². The second-order valence-electron chi connectivity index (χ2n) is 9.62. The van der Waals surface area contributed by atoms with Crippen molar-refractivity contribution in [2.75, 3.05) is 26.3 Å². The summed E-state index contributed by atoms with van der Waals surface area (Å²) in [5, 5.41) is 15.3. The fourth-order valence-corrected chi connectivity index (χ4v) is 4.89. The molecule has 0 aromatic heterocycles. The Kier molecular flexibility index (Phi) is 8.70. The molecule has 1 aliphatic rings. The van der Waals surface area contributed by atoms with E-state index in [-0.39, 0.29) is 11.9 Å². The Morgan fingerprint density at radius 3 is 2.46 bits per heavy atom. The number of hydrogen-bond acceptors (Lipinski definition) is 5. The zero-order chi connectivity index (χ0) is 25.3. The largest absolute Gasteiger partial charge is 0.508 e. The van der Waals surface area contributed by atoms with E-state index in [9.17, 15) is 5.11 Å². The first kappa shape index (κ1) is 25.3. The molecule has 2 unspecified atom stereocenters.